The number of aryl methyl sites for hydroxylation is 1. The van der Waals surface area contributed by atoms with Crippen LogP contribution < -0.4 is 5.32 Å². The van der Waals surface area contributed by atoms with Gasteiger partial charge in [0.2, 0.25) is 5.91 Å². The second-order valence-corrected chi connectivity index (χ2v) is 6.25. The number of thiophene rings is 1. The van der Waals surface area contributed by atoms with Crippen molar-refractivity contribution in [1.82, 2.24) is 0 Å². The van der Waals surface area contributed by atoms with Crippen molar-refractivity contribution >= 4 is 28.0 Å². The lowest BCUT2D eigenvalue weighted by atomic mass is 9.99. The summed E-state index contributed by atoms with van der Waals surface area (Å²) in [6.45, 7) is 0.209. The molecule has 0 bridgehead atoms. The average Bonchev–Trinajstić information content (AvgIpc) is 2.98. The Labute approximate surface area is 121 Å². The molecule has 2 aromatic rings. The standard InChI is InChI=1S/C16H14N2OS/c19-13-9-17-15(10-5-2-1-3-6-10)14-11-7-4-8-12(11)20-16(14)18-13/h1-3,5-6H,4,7-9H2,(H,18,19). The van der Waals surface area contributed by atoms with Gasteiger partial charge in [-0.25, -0.2) is 0 Å². The predicted molar refractivity (Wildman–Crippen MR) is 81.9 cm³/mol. The summed E-state index contributed by atoms with van der Waals surface area (Å²) in [7, 11) is 0. The second kappa shape index (κ2) is 4.56. The summed E-state index contributed by atoms with van der Waals surface area (Å²) in [5, 5.41) is 4.00. The maximum atomic E-state index is 11.8. The zero-order valence-electron chi connectivity index (χ0n) is 11.0. The third kappa shape index (κ3) is 1.79. The van der Waals surface area contributed by atoms with E-state index in [2.05, 4.69) is 22.4 Å². The van der Waals surface area contributed by atoms with Gasteiger partial charge in [0.1, 0.15) is 11.5 Å². The highest BCUT2D eigenvalue weighted by atomic mass is 32.1. The lowest BCUT2D eigenvalue weighted by Crippen LogP contribution is -2.12. The number of benzene rings is 1. The molecule has 2 heterocycles. The zero-order valence-corrected chi connectivity index (χ0v) is 11.8. The van der Waals surface area contributed by atoms with Gasteiger partial charge < -0.3 is 5.32 Å². The molecular formula is C16H14N2OS. The fraction of sp³-hybridized carbons (Fsp3) is 0.250. The minimum atomic E-state index is -0.0166. The van der Waals surface area contributed by atoms with Crippen LogP contribution in [0.2, 0.25) is 0 Å². The Bertz CT molecular complexity index is 716. The number of carbonyl (C=O) groups is 1. The first-order valence-corrected chi connectivity index (χ1v) is 7.69. The average molecular weight is 282 g/mol. The van der Waals surface area contributed by atoms with Crippen molar-refractivity contribution in [2.75, 3.05) is 11.9 Å². The Kier molecular flexibility index (Phi) is 2.70. The minimum absolute atomic E-state index is 0.0166. The van der Waals surface area contributed by atoms with Crippen molar-refractivity contribution in [3.8, 4) is 0 Å². The van der Waals surface area contributed by atoms with E-state index in [9.17, 15) is 4.79 Å². The quantitative estimate of drug-likeness (QED) is 0.858. The molecule has 1 N–H and O–H groups in total. The lowest BCUT2D eigenvalue weighted by molar-refractivity contribution is -0.114. The van der Waals surface area contributed by atoms with E-state index < -0.39 is 0 Å². The van der Waals surface area contributed by atoms with Gasteiger partial charge >= 0.3 is 0 Å². The van der Waals surface area contributed by atoms with Crippen molar-refractivity contribution in [3.63, 3.8) is 0 Å². The fourth-order valence-corrected chi connectivity index (χ4v) is 4.28. The fourth-order valence-electron chi connectivity index (χ4n) is 2.97. The molecule has 0 spiro atoms. The number of hydrogen-bond acceptors (Lipinski definition) is 3. The highest BCUT2D eigenvalue weighted by Gasteiger charge is 2.28. The molecule has 20 heavy (non-hydrogen) atoms. The van der Waals surface area contributed by atoms with Crippen molar-refractivity contribution in [1.29, 1.82) is 0 Å². The first-order valence-electron chi connectivity index (χ1n) is 6.87. The molecule has 0 fully saturated rings. The van der Waals surface area contributed by atoms with E-state index in [0.717, 1.165) is 29.1 Å². The van der Waals surface area contributed by atoms with Crippen molar-refractivity contribution in [3.05, 3.63) is 51.9 Å². The van der Waals surface area contributed by atoms with Crippen molar-refractivity contribution in [2.45, 2.75) is 19.3 Å². The first-order chi connectivity index (χ1) is 9.83. The molecule has 1 aliphatic heterocycles. The van der Waals surface area contributed by atoms with E-state index in [-0.39, 0.29) is 12.5 Å². The van der Waals surface area contributed by atoms with Gasteiger partial charge in [0, 0.05) is 16.0 Å². The smallest absolute Gasteiger partial charge is 0.246 e. The molecule has 100 valence electrons. The number of anilines is 1. The molecule has 4 rings (SSSR count). The molecule has 4 heteroatoms. The second-order valence-electron chi connectivity index (χ2n) is 5.14. The Morgan fingerprint density at radius 2 is 2.00 bits per heavy atom. The molecule has 0 radical (unpaired) electrons. The summed E-state index contributed by atoms with van der Waals surface area (Å²) in [5.74, 6) is -0.0166. The number of hydrogen-bond donors (Lipinski definition) is 1. The van der Waals surface area contributed by atoms with E-state index in [4.69, 9.17) is 0 Å². The van der Waals surface area contributed by atoms with Crippen LogP contribution in [0.1, 0.15) is 28.0 Å². The summed E-state index contributed by atoms with van der Waals surface area (Å²) < 4.78 is 0. The summed E-state index contributed by atoms with van der Waals surface area (Å²) in [6.07, 6.45) is 3.44. The topological polar surface area (TPSA) is 41.5 Å². The van der Waals surface area contributed by atoms with Gasteiger partial charge in [0.15, 0.2) is 0 Å². The van der Waals surface area contributed by atoms with Crippen LogP contribution in [0, 0.1) is 0 Å². The minimum Gasteiger partial charge on any atom is -0.316 e. The summed E-state index contributed by atoms with van der Waals surface area (Å²) >= 11 is 1.73. The van der Waals surface area contributed by atoms with Gasteiger partial charge in [0.25, 0.3) is 0 Å². The largest absolute Gasteiger partial charge is 0.316 e. The van der Waals surface area contributed by atoms with E-state index in [0.29, 0.717) is 0 Å². The van der Waals surface area contributed by atoms with Crippen LogP contribution in [0.15, 0.2) is 35.3 Å². The Morgan fingerprint density at radius 1 is 1.15 bits per heavy atom. The molecule has 0 saturated heterocycles. The van der Waals surface area contributed by atoms with E-state index in [1.165, 1.54) is 22.4 Å². The normalized spacial score (nSPS) is 17.0. The molecule has 1 aliphatic carbocycles. The van der Waals surface area contributed by atoms with Crippen LogP contribution in [0.5, 0.6) is 0 Å². The maximum Gasteiger partial charge on any atom is 0.246 e. The van der Waals surface area contributed by atoms with Gasteiger partial charge in [-0.2, -0.15) is 0 Å². The molecule has 0 unspecified atom stereocenters. The molecule has 1 aromatic carbocycles. The van der Waals surface area contributed by atoms with Gasteiger partial charge in [-0.05, 0) is 24.8 Å². The van der Waals surface area contributed by atoms with Crippen LogP contribution in [0.25, 0.3) is 0 Å². The summed E-state index contributed by atoms with van der Waals surface area (Å²) in [4.78, 5) is 17.8. The van der Waals surface area contributed by atoms with Crippen LogP contribution in [-0.2, 0) is 17.6 Å². The zero-order chi connectivity index (χ0) is 13.5. The van der Waals surface area contributed by atoms with Crippen molar-refractivity contribution in [2.24, 2.45) is 4.99 Å². The molecule has 0 saturated carbocycles. The highest BCUT2D eigenvalue weighted by molar-refractivity contribution is 7.17. The summed E-state index contributed by atoms with van der Waals surface area (Å²) in [6, 6.07) is 10.2. The predicted octanol–water partition coefficient (Wildman–Crippen LogP) is 3.03. The molecule has 2 aliphatic rings. The van der Waals surface area contributed by atoms with Crippen LogP contribution in [0.4, 0.5) is 5.00 Å². The molecule has 1 amide bonds. The van der Waals surface area contributed by atoms with E-state index in [1.807, 2.05) is 18.2 Å². The van der Waals surface area contributed by atoms with Gasteiger partial charge in [-0.15, -0.1) is 11.3 Å². The third-order valence-electron chi connectivity index (χ3n) is 3.84. The third-order valence-corrected chi connectivity index (χ3v) is 5.05. The summed E-state index contributed by atoms with van der Waals surface area (Å²) in [5.41, 5.74) is 4.63. The van der Waals surface area contributed by atoms with E-state index in [1.54, 1.807) is 11.3 Å². The van der Waals surface area contributed by atoms with Crippen LogP contribution in [-0.4, -0.2) is 18.2 Å². The SMILES string of the molecule is O=C1CN=C(c2ccccc2)c2c(sc3c2CCC3)N1. The van der Waals surface area contributed by atoms with E-state index >= 15 is 0 Å². The first kappa shape index (κ1) is 11.9. The van der Waals surface area contributed by atoms with Gasteiger partial charge in [-0.3, -0.25) is 9.79 Å². The van der Waals surface area contributed by atoms with Crippen LogP contribution in [0.3, 0.4) is 0 Å². The number of carbonyl (C=O) groups excluding carboxylic acids is 1. The van der Waals surface area contributed by atoms with Crippen molar-refractivity contribution < 1.29 is 4.79 Å². The number of amides is 1. The molecule has 0 atom stereocenters. The number of rotatable bonds is 1. The molecule has 3 nitrogen and oxygen atoms in total. The molecule has 1 aromatic heterocycles. The Balaban J connectivity index is 1.94. The highest BCUT2D eigenvalue weighted by Crippen LogP contribution is 2.41. The van der Waals surface area contributed by atoms with Crippen LogP contribution >= 0.6 is 11.3 Å². The number of nitrogens with zero attached hydrogens (tertiary/aromatic N) is 1. The van der Waals surface area contributed by atoms with Gasteiger partial charge in [0.05, 0.1) is 5.71 Å². The Hall–Kier alpha value is -1.94. The molecular weight excluding hydrogens is 268 g/mol. The lowest BCUT2D eigenvalue weighted by Gasteiger charge is -2.07. The monoisotopic (exact) mass is 282 g/mol. The number of aliphatic imine (C=N–C) groups is 1. The maximum absolute atomic E-state index is 11.8. The number of fused-ring (bicyclic) bond motifs is 3. The number of nitrogens with one attached hydrogen (secondary N) is 1. The Morgan fingerprint density at radius 3 is 2.85 bits per heavy atom. The van der Waals surface area contributed by atoms with Gasteiger partial charge in [-0.1, -0.05) is 30.3 Å².